The van der Waals surface area contributed by atoms with Crippen LogP contribution in [-0.4, -0.2) is 20.5 Å². The summed E-state index contributed by atoms with van der Waals surface area (Å²) in [5.74, 6) is -0.639. The van der Waals surface area contributed by atoms with Crippen molar-refractivity contribution >= 4 is 5.78 Å². The van der Waals surface area contributed by atoms with Crippen LogP contribution in [0.5, 0.6) is 0 Å². The first-order valence-electron chi connectivity index (χ1n) is 9.74. The number of hydrogen-bond donors (Lipinski definition) is 0. The molecule has 0 fully saturated rings. The third kappa shape index (κ3) is 3.30. The Morgan fingerprint density at radius 2 is 1.63 bits per heavy atom. The summed E-state index contributed by atoms with van der Waals surface area (Å²) in [7, 11) is 0. The predicted octanol–water partition coefficient (Wildman–Crippen LogP) is 5.40. The van der Waals surface area contributed by atoms with Gasteiger partial charge in [0.25, 0.3) is 0 Å². The Labute approximate surface area is 171 Å². The molecule has 1 aliphatic rings. The van der Waals surface area contributed by atoms with E-state index in [0.29, 0.717) is 40.3 Å². The third-order valence-electron chi connectivity index (χ3n) is 5.24. The lowest BCUT2D eigenvalue weighted by Crippen LogP contribution is -2.13. The molecule has 0 saturated heterocycles. The van der Waals surface area contributed by atoms with Gasteiger partial charge in [0.05, 0.1) is 28.5 Å². The Hall–Kier alpha value is -3.67. The highest BCUT2D eigenvalue weighted by atomic mass is 19.1. The maximum Gasteiger partial charge on any atom is 0.164 e. The smallest absolute Gasteiger partial charge is 0.164 e. The minimum atomic E-state index is -0.384. The number of carbonyl (C=O) groups is 1. The highest BCUT2D eigenvalue weighted by Crippen LogP contribution is 2.30. The number of pyridine rings is 1. The van der Waals surface area contributed by atoms with Gasteiger partial charge in [-0.2, -0.15) is 5.10 Å². The number of carbonyl (C=O) groups excluding carboxylic acids is 1. The van der Waals surface area contributed by atoms with E-state index in [0.717, 1.165) is 18.5 Å². The molecule has 0 bridgehead atoms. The van der Waals surface area contributed by atoms with Gasteiger partial charge in [0, 0.05) is 17.5 Å². The van der Waals surface area contributed by atoms with Gasteiger partial charge in [-0.3, -0.25) is 9.78 Å². The summed E-state index contributed by atoms with van der Waals surface area (Å²) < 4.78 is 29.2. The molecule has 2 aromatic carbocycles. The highest BCUT2D eigenvalue weighted by Gasteiger charge is 2.21. The number of benzene rings is 2. The molecule has 0 aliphatic heterocycles. The number of aryl methyl sites for hydroxylation is 1. The first-order valence-corrected chi connectivity index (χ1v) is 9.74. The van der Waals surface area contributed by atoms with Crippen molar-refractivity contribution in [2.75, 3.05) is 0 Å². The zero-order chi connectivity index (χ0) is 20.7. The average molecular weight is 401 g/mol. The van der Waals surface area contributed by atoms with Gasteiger partial charge >= 0.3 is 0 Å². The Morgan fingerprint density at radius 3 is 2.43 bits per heavy atom. The number of ketones is 1. The van der Waals surface area contributed by atoms with Crippen LogP contribution in [0.25, 0.3) is 28.3 Å². The topological polar surface area (TPSA) is 47.8 Å². The van der Waals surface area contributed by atoms with Crippen molar-refractivity contribution in [3.8, 4) is 28.3 Å². The molecular formula is C24H17F2N3O. The van der Waals surface area contributed by atoms with Gasteiger partial charge in [-0.15, -0.1) is 0 Å². The van der Waals surface area contributed by atoms with Crippen molar-refractivity contribution in [2.45, 2.75) is 19.3 Å². The van der Waals surface area contributed by atoms with E-state index in [2.05, 4.69) is 5.10 Å². The number of hydrogen-bond acceptors (Lipinski definition) is 3. The molecule has 2 heterocycles. The Balaban J connectivity index is 1.69. The minimum absolute atomic E-state index is 0.106. The summed E-state index contributed by atoms with van der Waals surface area (Å²) in [6.45, 7) is 0. The fourth-order valence-electron chi connectivity index (χ4n) is 3.80. The summed E-state index contributed by atoms with van der Waals surface area (Å²) in [5, 5.41) is 4.61. The zero-order valence-corrected chi connectivity index (χ0v) is 16.0. The largest absolute Gasteiger partial charge is 0.294 e. The summed E-state index contributed by atoms with van der Waals surface area (Å²) in [5.41, 5.74) is 4.38. The van der Waals surface area contributed by atoms with Crippen LogP contribution in [0.3, 0.4) is 0 Å². The van der Waals surface area contributed by atoms with Gasteiger partial charge < -0.3 is 0 Å². The van der Waals surface area contributed by atoms with Crippen LogP contribution < -0.4 is 0 Å². The van der Waals surface area contributed by atoms with Gasteiger partial charge in [-0.1, -0.05) is 18.2 Å². The van der Waals surface area contributed by atoms with E-state index >= 15 is 0 Å². The SMILES string of the molecule is O=C1CCCc2nc(-c3cc(-c4cccc(F)c4)nn3-c3cccc(F)c3)ccc21. The first-order chi connectivity index (χ1) is 14.6. The molecule has 0 spiro atoms. The standard InChI is InChI=1S/C24H17F2N3O/c25-16-5-1-4-15(12-16)22-14-23(29(28-22)18-7-2-6-17(26)13-18)21-11-10-19-20(27-21)8-3-9-24(19)30/h1-2,4-7,10-14H,3,8-9H2. The molecule has 5 rings (SSSR count). The lowest BCUT2D eigenvalue weighted by Gasteiger charge is -2.15. The molecule has 0 atom stereocenters. The maximum atomic E-state index is 13.9. The molecule has 0 saturated carbocycles. The fraction of sp³-hybridized carbons (Fsp3) is 0.125. The first kappa shape index (κ1) is 18.4. The van der Waals surface area contributed by atoms with E-state index in [1.165, 1.54) is 24.3 Å². The van der Waals surface area contributed by atoms with Crippen molar-refractivity contribution in [2.24, 2.45) is 0 Å². The van der Waals surface area contributed by atoms with Crippen molar-refractivity contribution in [3.05, 3.63) is 89.6 Å². The van der Waals surface area contributed by atoms with E-state index in [-0.39, 0.29) is 17.4 Å². The molecule has 4 aromatic rings. The molecule has 1 aliphatic carbocycles. The van der Waals surface area contributed by atoms with Crippen molar-refractivity contribution in [3.63, 3.8) is 0 Å². The average Bonchev–Trinajstić information content (AvgIpc) is 3.19. The second kappa shape index (κ2) is 7.30. The van der Waals surface area contributed by atoms with Crippen LogP contribution in [-0.2, 0) is 6.42 Å². The normalized spacial score (nSPS) is 13.3. The second-order valence-electron chi connectivity index (χ2n) is 7.28. The maximum absolute atomic E-state index is 13.9. The quantitative estimate of drug-likeness (QED) is 0.462. The molecule has 2 aromatic heterocycles. The van der Waals surface area contributed by atoms with Crippen LogP contribution >= 0.6 is 0 Å². The van der Waals surface area contributed by atoms with E-state index in [9.17, 15) is 13.6 Å². The van der Waals surface area contributed by atoms with Gasteiger partial charge in [0.2, 0.25) is 0 Å². The van der Waals surface area contributed by atoms with E-state index in [1.54, 1.807) is 47.1 Å². The minimum Gasteiger partial charge on any atom is -0.294 e. The number of halogens is 2. The van der Waals surface area contributed by atoms with E-state index in [1.807, 2.05) is 0 Å². The zero-order valence-electron chi connectivity index (χ0n) is 16.0. The van der Waals surface area contributed by atoms with Gasteiger partial charge in [-0.05, 0) is 61.4 Å². The lowest BCUT2D eigenvalue weighted by molar-refractivity contribution is 0.0971. The molecule has 4 nitrogen and oxygen atoms in total. The van der Waals surface area contributed by atoms with Crippen LogP contribution in [0.1, 0.15) is 28.9 Å². The predicted molar refractivity (Wildman–Crippen MR) is 109 cm³/mol. The number of rotatable bonds is 3. The van der Waals surface area contributed by atoms with Gasteiger partial charge in [0.1, 0.15) is 11.6 Å². The van der Waals surface area contributed by atoms with Crippen molar-refractivity contribution in [1.82, 2.24) is 14.8 Å². The number of Topliss-reactive ketones (excluding diaryl/α,β-unsaturated/α-hetero) is 1. The van der Waals surface area contributed by atoms with Crippen LogP contribution in [0.15, 0.2) is 66.7 Å². The monoisotopic (exact) mass is 401 g/mol. The van der Waals surface area contributed by atoms with Crippen molar-refractivity contribution < 1.29 is 13.6 Å². The number of aromatic nitrogens is 3. The molecule has 148 valence electrons. The van der Waals surface area contributed by atoms with Crippen LogP contribution in [0.4, 0.5) is 8.78 Å². The Morgan fingerprint density at radius 1 is 0.833 bits per heavy atom. The van der Waals surface area contributed by atoms with Crippen LogP contribution in [0, 0.1) is 11.6 Å². The third-order valence-corrected chi connectivity index (χ3v) is 5.24. The molecule has 0 radical (unpaired) electrons. The summed E-state index contributed by atoms with van der Waals surface area (Å²) >= 11 is 0. The lowest BCUT2D eigenvalue weighted by atomic mass is 9.94. The Kier molecular flexibility index (Phi) is 4.47. The summed E-state index contributed by atoms with van der Waals surface area (Å²) in [6, 6.07) is 17.6. The molecule has 30 heavy (non-hydrogen) atoms. The molecule has 0 amide bonds. The van der Waals surface area contributed by atoms with Crippen molar-refractivity contribution in [1.29, 1.82) is 0 Å². The molecule has 0 unspecified atom stereocenters. The second-order valence-corrected chi connectivity index (χ2v) is 7.28. The summed E-state index contributed by atoms with van der Waals surface area (Å²) in [4.78, 5) is 16.9. The van der Waals surface area contributed by atoms with E-state index in [4.69, 9.17) is 4.98 Å². The van der Waals surface area contributed by atoms with Gasteiger partial charge in [-0.25, -0.2) is 13.5 Å². The Bertz CT molecular complexity index is 1280. The number of fused-ring (bicyclic) bond motifs is 1. The molecule has 0 N–H and O–H groups in total. The summed E-state index contributed by atoms with van der Waals surface area (Å²) in [6.07, 6.45) is 2.05. The highest BCUT2D eigenvalue weighted by molar-refractivity contribution is 5.98. The fourth-order valence-corrected chi connectivity index (χ4v) is 3.80. The van der Waals surface area contributed by atoms with Gasteiger partial charge in [0.15, 0.2) is 5.78 Å². The molecule has 6 heteroatoms. The molecular weight excluding hydrogens is 384 g/mol. The number of nitrogens with zero attached hydrogens (tertiary/aromatic N) is 3. The van der Waals surface area contributed by atoms with E-state index < -0.39 is 0 Å². The van der Waals surface area contributed by atoms with Crippen LogP contribution in [0.2, 0.25) is 0 Å².